The zero-order valence-corrected chi connectivity index (χ0v) is 8.42. The zero-order valence-electron chi connectivity index (χ0n) is 4.39. The summed E-state index contributed by atoms with van der Waals surface area (Å²) in [4.78, 5) is 0. The molecule has 0 N–H and O–H groups in total. The first kappa shape index (κ1) is 11.3. The van der Waals surface area contributed by atoms with Gasteiger partial charge in [-0.2, -0.15) is 0 Å². The van der Waals surface area contributed by atoms with E-state index in [9.17, 15) is 4.57 Å². The molecule has 10 heavy (non-hydrogen) atoms. The molecule has 0 radical (unpaired) electrons. The SMILES string of the molecule is O=[PH](OC(Cl)Cl)OC(Cl)Cl. The number of alkyl halides is 4. The van der Waals surface area contributed by atoms with Crippen LogP contribution < -0.4 is 0 Å². The fourth-order valence-electron chi connectivity index (χ4n) is 0.173. The number of halogens is 4. The molecule has 0 aliphatic carbocycles. The molecule has 0 fully saturated rings. The summed E-state index contributed by atoms with van der Waals surface area (Å²) in [6, 6.07) is 0. The van der Waals surface area contributed by atoms with Crippen LogP contribution in [0.5, 0.6) is 0 Å². The lowest BCUT2D eigenvalue weighted by atomic mass is 11.7. The standard InChI is InChI=1S/C2H3Cl4O3P/c3-1(4)8-10(7)9-2(5)6/h1-2,10H. The Kier molecular flexibility index (Phi) is 6.67. The van der Waals surface area contributed by atoms with Crippen molar-refractivity contribution in [1.82, 2.24) is 0 Å². The molecular formula is C2H3Cl4O3P. The summed E-state index contributed by atoms with van der Waals surface area (Å²) in [5, 5.41) is -2.39. The lowest BCUT2D eigenvalue weighted by molar-refractivity contribution is 0.253. The Morgan fingerprint density at radius 3 is 1.50 bits per heavy atom. The van der Waals surface area contributed by atoms with Gasteiger partial charge < -0.3 is 0 Å². The maximum Gasteiger partial charge on any atom is 0.324 e. The summed E-state index contributed by atoms with van der Waals surface area (Å²) in [5.41, 5.74) is 0. The van der Waals surface area contributed by atoms with Crippen molar-refractivity contribution in [2.45, 2.75) is 10.0 Å². The smallest absolute Gasteiger partial charge is 0.276 e. The van der Waals surface area contributed by atoms with E-state index >= 15 is 0 Å². The first-order valence-electron chi connectivity index (χ1n) is 1.96. The maximum absolute atomic E-state index is 10.5. The molecule has 0 saturated carbocycles. The molecule has 0 bridgehead atoms. The van der Waals surface area contributed by atoms with Gasteiger partial charge in [0.2, 0.25) is 10.0 Å². The highest BCUT2D eigenvalue weighted by molar-refractivity contribution is 7.33. The van der Waals surface area contributed by atoms with Crippen LogP contribution in [0.2, 0.25) is 0 Å². The highest BCUT2D eigenvalue weighted by Gasteiger charge is 2.09. The van der Waals surface area contributed by atoms with E-state index in [1.54, 1.807) is 0 Å². The number of hydrogen-bond donors (Lipinski definition) is 0. The van der Waals surface area contributed by atoms with Crippen LogP contribution >= 0.6 is 54.7 Å². The van der Waals surface area contributed by atoms with Crippen molar-refractivity contribution in [2.75, 3.05) is 0 Å². The van der Waals surface area contributed by atoms with E-state index in [4.69, 9.17) is 46.4 Å². The zero-order chi connectivity index (χ0) is 8.15. The quantitative estimate of drug-likeness (QED) is 0.566. The van der Waals surface area contributed by atoms with Gasteiger partial charge in [-0.25, -0.2) is 0 Å². The van der Waals surface area contributed by atoms with Gasteiger partial charge in [-0.1, -0.05) is 46.4 Å². The molecule has 0 amide bonds. The van der Waals surface area contributed by atoms with Gasteiger partial charge in [0.05, 0.1) is 0 Å². The summed E-state index contributed by atoms with van der Waals surface area (Å²) in [7, 11) is -2.77. The minimum atomic E-state index is -2.77. The summed E-state index contributed by atoms with van der Waals surface area (Å²) < 4.78 is 19.0. The van der Waals surface area contributed by atoms with Crippen LogP contribution in [0.15, 0.2) is 0 Å². The molecule has 0 heterocycles. The van der Waals surface area contributed by atoms with Crippen molar-refractivity contribution < 1.29 is 13.6 Å². The number of hydrogen-bond acceptors (Lipinski definition) is 3. The molecule has 0 aliphatic heterocycles. The largest absolute Gasteiger partial charge is 0.324 e. The van der Waals surface area contributed by atoms with Gasteiger partial charge >= 0.3 is 8.25 Å². The molecule has 0 unspecified atom stereocenters. The monoisotopic (exact) mass is 246 g/mol. The van der Waals surface area contributed by atoms with Crippen LogP contribution in [0.4, 0.5) is 0 Å². The molecule has 0 rings (SSSR count). The van der Waals surface area contributed by atoms with Crippen LogP contribution in [0.3, 0.4) is 0 Å². The van der Waals surface area contributed by atoms with Gasteiger partial charge in [-0.3, -0.25) is 13.6 Å². The molecule has 8 heteroatoms. The second-order valence-electron chi connectivity index (χ2n) is 1.01. The second-order valence-corrected chi connectivity index (χ2v) is 4.01. The third-order valence-electron chi connectivity index (χ3n) is 0.371. The second kappa shape index (κ2) is 5.90. The summed E-state index contributed by atoms with van der Waals surface area (Å²) in [6.07, 6.45) is 0. The molecule has 0 spiro atoms. The molecule has 0 aromatic heterocycles. The molecule has 0 aliphatic rings. The van der Waals surface area contributed by atoms with Gasteiger partial charge in [0.1, 0.15) is 0 Å². The Hall–Kier alpha value is 1.31. The first-order chi connectivity index (χ1) is 4.52. The Labute approximate surface area is 78.4 Å². The molecule has 3 nitrogen and oxygen atoms in total. The van der Waals surface area contributed by atoms with Crippen LogP contribution in [0.25, 0.3) is 0 Å². The summed E-state index contributed by atoms with van der Waals surface area (Å²) in [5.74, 6) is 0. The Morgan fingerprint density at radius 1 is 1.00 bits per heavy atom. The lowest BCUT2D eigenvalue weighted by Gasteiger charge is -2.04. The van der Waals surface area contributed by atoms with Gasteiger partial charge in [-0.15, -0.1) is 0 Å². The average molecular weight is 248 g/mol. The molecule has 0 aromatic rings. The van der Waals surface area contributed by atoms with E-state index in [1.165, 1.54) is 0 Å². The van der Waals surface area contributed by atoms with Crippen molar-refractivity contribution in [3.8, 4) is 0 Å². The number of rotatable bonds is 4. The van der Waals surface area contributed by atoms with Gasteiger partial charge in [0.15, 0.2) is 0 Å². The van der Waals surface area contributed by atoms with Crippen molar-refractivity contribution in [2.24, 2.45) is 0 Å². The summed E-state index contributed by atoms with van der Waals surface area (Å²) in [6.45, 7) is 0. The minimum Gasteiger partial charge on any atom is -0.276 e. The van der Waals surface area contributed by atoms with Crippen molar-refractivity contribution in [3.63, 3.8) is 0 Å². The third-order valence-corrected chi connectivity index (χ3v) is 2.18. The van der Waals surface area contributed by atoms with E-state index < -0.39 is 18.3 Å². The molecule has 0 saturated heterocycles. The molecule has 0 atom stereocenters. The minimum absolute atomic E-state index is 1.20. The van der Waals surface area contributed by atoms with Gasteiger partial charge in [0, 0.05) is 0 Å². The first-order valence-corrected chi connectivity index (χ1v) is 4.93. The van der Waals surface area contributed by atoms with E-state index in [0.29, 0.717) is 0 Å². The maximum atomic E-state index is 10.5. The van der Waals surface area contributed by atoms with Crippen LogP contribution in [-0.4, -0.2) is 10.0 Å². The third kappa shape index (κ3) is 7.42. The van der Waals surface area contributed by atoms with Crippen LogP contribution in [0.1, 0.15) is 0 Å². The summed E-state index contributed by atoms with van der Waals surface area (Å²) >= 11 is 20.2. The van der Waals surface area contributed by atoms with Gasteiger partial charge in [0.25, 0.3) is 0 Å². The highest BCUT2D eigenvalue weighted by atomic mass is 35.5. The predicted octanol–water partition coefficient (Wildman–Crippen LogP) is 2.93. The molecule has 0 aromatic carbocycles. The van der Waals surface area contributed by atoms with Crippen LogP contribution in [0, 0.1) is 0 Å². The topological polar surface area (TPSA) is 35.5 Å². The average Bonchev–Trinajstić information content (AvgIpc) is 1.58. The molecular weight excluding hydrogens is 245 g/mol. The van der Waals surface area contributed by atoms with Gasteiger partial charge in [-0.05, 0) is 0 Å². The Balaban J connectivity index is 3.44. The normalized spacial score (nSPS) is 11.9. The van der Waals surface area contributed by atoms with Crippen LogP contribution in [-0.2, 0) is 13.6 Å². The van der Waals surface area contributed by atoms with Crippen molar-refractivity contribution >= 4 is 54.7 Å². The van der Waals surface area contributed by atoms with E-state index in [2.05, 4.69) is 9.05 Å². The van der Waals surface area contributed by atoms with E-state index in [0.717, 1.165) is 0 Å². The fourth-order valence-corrected chi connectivity index (χ4v) is 1.39. The molecule has 62 valence electrons. The highest BCUT2D eigenvalue weighted by Crippen LogP contribution is 2.32. The lowest BCUT2D eigenvalue weighted by Crippen LogP contribution is -1.92. The van der Waals surface area contributed by atoms with E-state index in [1.807, 2.05) is 0 Å². The predicted molar refractivity (Wildman–Crippen MR) is 42.2 cm³/mol. The Bertz CT molecular complexity index is 105. The Morgan fingerprint density at radius 2 is 1.30 bits per heavy atom. The van der Waals surface area contributed by atoms with Crippen molar-refractivity contribution in [1.29, 1.82) is 0 Å². The van der Waals surface area contributed by atoms with Crippen molar-refractivity contribution in [3.05, 3.63) is 0 Å². The fraction of sp³-hybridized carbons (Fsp3) is 1.00. The van der Waals surface area contributed by atoms with E-state index in [-0.39, 0.29) is 0 Å².